The predicted octanol–water partition coefficient (Wildman–Crippen LogP) is 4.72. The van der Waals surface area contributed by atoms with Gasteiger partial charge in [0.15, 0.2) is 0 Å². The van der Waals surface area contributed by atoms with Gasteiger partial charge in [0.2, 0.25) is 5.96 Å². The van der Waals surface area contributed by atoms with Gasteiger partial charge in [0.05, 0.1) is 18.0 Å². The van der Waals surface area contributed by atoms with E-state index in [1.807, 2.05) is 0 Å². The fourth-order valence-corrected chi connectivity index (χ4v) is 2.68. The molecule has 0 aliphatic rings. The number of hydrazone groups is 2. The molecule has 5 nitrogen and oxygen atoms in total. The Hall–Kier alpha value is -2.57. The van der Waals surface area contributed by atoms with Crippen LogP contribution in [0.5, 0.6) is 0 Å². The van der Waals surface area contributed by atoms with Gasteiger partial charge >= 0.3 is 10.1 Å². The number of guanidine groups is 1. The van der Waals surface area contributed by atoms with Crippen LogP contribution in [0.1, 0.15) is 22.3 Å². The van der Waals surface area contributed by atoms with Crippen molar-refractivity contribution in [3.63, 3.8) is 0 Å². The van der Waals surface area contributed by atoms with E-state index >= 15 is 0 Å². The smallest absolute Gasteiger partial charge is 0.254 e. The van der Waals surface area contributed by atoms with Crippen molar-refractivity contribution in [2.45, 2.75) is 10.1 Å². The third-order valence-corrected chi connectivity index (χ3v) is 4.09. The Bertz CT molecular complexity index is 848. The highest BCUT2D eigenvalue weighted by Gasteiger charge is 2.32. The number of rotatable bonds is 5. The molecular formula is C18H15F5IN5. The molecular weight excluding hydrogens is 508 g/mol. The Kier molecular flexibility index (Phi) is 7.65. The molecule has 0 aliphatic heterocycles. The number of hydrogen-bond donors (Lipinski definition) is 2. The van der Waals surface area contributed by atoms with Gasteiger partial charge in [-0.1, -0.05) is 42.5 Å². The van der Waals surface area contributed by atoms with Crippen molar-refractivity contribution in [1.29, 1.82) is 0 Å². The van der Waals surface area contributed by atoms with Crippen molar-refractivity contribution in [1.82, 2.24) is 10.9 Å². The van der Waals surface area contributed by atoms with E-state index in [4.69, 9.17) is 0 Å². The van der Waals surface area contributed by atoms with Gasteiger partial charge in [0.1, 0.15) is 0 Å². The molecule has 0 saturated heterocycles. The SMILES string of the molecule is C/N=C(\N/N=C/c1ccccc1C(F)(F)F)N/N=C/c1ccccc1C(F)(F)I. The molecule has 0 fully saturated rings. The van der Waals surface area contributed by atoms with Crippen LogP contribution in [-0.2, 0) is 10.1 Å². The second-order valence-electron chi connectivity index (χ2n) is 5.48. The van der Waals surface area contributed by atoms with E-state index in [2.05, 4.69) is 26.0 Å². The fourth-order valence-electron chi connectivity index (χ4n) is 2.19. The molecule has 0 amide bonds. The first-order valence-corrected chi connectivity index (χ1v) is 9.08. The van der Waals surface area contributed by atoms with Crippen LogP contribution in [0.15, 0.2) is 63.7 Å². The number of halogens is 6. The molecule has 0 heterocycles. The van der Waals surface area contributed by atoms with Crippen LogP contribution in [0.4, 0.5) is 22.0 Å². The summed E-state index contributed by atoms with van der Waals surface area (Å²) < 4.78 is 62.9. The molecule has 2 aromatic carbocycles. The van der Waals surface area contributed by atoms with Crippen LogP contribution < -0.4 is 10.9 Å². The highest BCUT2D eigenvalue weighted by Crippen LogP contribution is 2.36. The maximum Gasteiger partial charge on any atom is 0.417 e. The summed E-state index contributed by atoms with van der Waals surface area (Å²) in [5.41, 5.74) is 3.87. The zero-order valence-corrected chi connectivity index (χ0v) is 17.0. The summed E-state index contributed by atoms with van der Waals surface area (Å²) in [6.07, 6.45) is -2.34. The van der Waals surface area contributed by atoms with E-state index in [0.29, 0.717) is 0 Å². The molecule has 2 N–H and O–H groups in total. The molecule has 0 spiro atoms. The Morgan fingerprint density at radius 3 is 1.72 bits per heavy atom. The number of hydrogen-bond acceptors (Lipinski definition) is 3. The normalized spacial score (nSPS) is 13.3. The summed E-state index contributed by atoms with van der Waals surface area (Å²) >= 11 is 1.02. The fraction of sp³-hybridized carbons (Fsp3) is 0.167. The van der Waals surface area contributed by atoms with Gasteiger partial charge in [-0.2, -0.15) is 32.2 Å². The van der Waals surface area contributed by atoms with Crippen LogP contribution in [0.3, 0.4) is 0 Å². The first-order chi connectivity index (χ1) is 13.6. The van der Waals surface area contributed by atoms with Gasteiger partial charge in [-0.05, 0) is 6.07 Å². The minimum Gasteiger partial charge on any atom is -0.254 e. The van der Waals surface area contributed by atoms with Gasteiger partial charge in [-0.25, -0.2) is 10.9 Å². The lowest BCUT2D eigenvalue weighted by atomic mass is 10.1. The molecule has 0 aliphatic carbocycles. The molecule has 2 aromatic rings. The summed E-state index contributed by atoms with van der Waals surface area (Å²) in [5, 5.41) is 7.52. The largest absolute Gasteiger partial charge is 0.417 e. The first kappa shape index (κ1) is 22.7. The van der Waals surface area contributed by atoms with Gasteiger partial charge in [0.25, 0.3) is 0 Å². The lowest BCUT2D eigenvalue weighted by molar-refractivity contribution is -0.137. The zero-order valence-electron chi connectivity index (χ0n) is 14.9. The molecule has 0 radical (unpaired) electrons. The predicted molar refractivity (Wildman–Crippen MR) is 111 cm³/mol. The molecule has 11 heteroatoms. The number of nitrogens with one attached hydrogen (secondary N) is 2. The van der Waals surface area contributed by atoms with Crippen LogP contribution in [0, 0.1) is 0 Å². The first-order valence-electron chi connectivity index (χ1n) is 8.00. The van der Waals surface area contributed by atoms with Crippen molar-refractivity contribution in [2.24, 2.45) is 15.2 Å². The molecule has 0 unspecified atom stereocenters. The Balaban J connectivity index is 2.05. The summed E-state index contributed by atoms with van der Waals surface area (Å²) in [6, 6.07) is 10.8. The average molecular weight is 523 g/mol. The van der Waals surface area contributed by atoms with Crippen molar-refractivity contribution in [2.75, 3.05) is 7.05 Å². The highest BCUT2D eigenvalue weighted by molar-refractivity contribution is 14.1. The zero-order chi connectivity index (χ0) is 21.5. The third kappa shape index (κ3) is 6.76. The van der Waals surface area contributed by atoms with Gasteiger partial charge in [-0.15, -0.1) is 0 Å². The molecule has 29 heavy (non-hydrogen) atoms. The summed E-state index contributed by atoms with van der Waals surface area (Å²) in [7, 11) is 1.39. The monoisotopic (exact) mass is 523 g/mol. The summed E-state index contributed by atoms with van der Waals surface area (Å²) in [5.74, 6) is 0.000652. The maximum atomic E-state index is 13.6. The Labute approximate surface area is 176 Å². The summed E-state index contributed by atoms with van der Waals surface area (Å²) in [6.45, 7) is 0. The number of benzene rings is 2. The standard InChI is InChI=1S/C18H15F5IN5/c1-25-16(28-26-10-12-6-2-4-8-14(12)17(19,20)21)29-27-11-13-7-3-5-9-15(13)18(22,23)24/h2-11H,1H3,(H2,25,28,29)/b26-10+,27-11+. The highest BCUT2D eigenvalue weighted by atomic mass is 127. The average Bonchev–Trinajstić information content (AvgIpc) is 2.66. The Morgan fingerprint density at radius 1 is 0.828 bits per heavy atom. The van der Waals surface area contributed by atoms with Crippen LogP contribution in [0.2, 0.25) is 0 Å². The Morgan fingerprint density at radius 2 is 1.28 bits per heavy atom. The van der Waals surface area contributed by atoms with Crippen molar-refractivity contribution in [3.05, 3.63) is 70.8 Å². The molecule has 0 aromatic heterocycles. The van der Waals surface area contributed by atoms with Crippen molar-refractivity contribution < 1.29 is 22.0 Å². The maximum absolute atomic E-state index is 13.6. The van der Waals surface area contributed by atoms with Crippen molar-refractivity contribution >= 4 is 41.0 Å². The minimum atomic E-state index is -4.51. The number of alkyl halides is 6. The third-order valence-electron chi connectivity index (χ3n) is 3.50. The lowest BCUT2D eigenvalue weighted by Crippen LogP contribution is -2.30. The van der Waals surface area contributed by atoms with Gasteiger partial charge < -0.3 is 0 Å². The molecule has 0 saturated carbocycles. The molecule has 154 valence electrons. The van der Waals surface area contributed by atoms with Crippen LogP contribution >= 0.6 is 22.6 Å². The second-order valence-corrected chi connectivity index (χ2v) is 6.84. The van der Waals surface area contributed by atoms with E-state index in [-0.39, 0.29) is 22.6 Å². The molecule has 2 rings (SSSR count). The topological polar surface area (TPSA) is 61.1 Å². The minimum absolute atomic E-state index is 0.000652. The summed E-state index contributed by atoms with van der Waals surface area (Å²) in [4.78, 5) is 3.79. The van der Waals surface area contributed by atoms with E-state index in [1.54, 1.807) is 6.07 Å². The van der Waals surface area contributed by atoms with Crippen LogP contribution in [0.25, 0.3) is 0 Å². The molecule has 0 bridgehead atoms. The van der Waals surface area contributed by atoms with E-state index in [1.165, 1.54) is 49.7 Å². The van der Waals surface area contributed by atoms with Crippen LogP contribution in [-0.4, -0.2) is 25.4 Å². The number of aliphatic imine (C=N–C) groups is 1. The van der Waals surface area contributed by atoms with Gasteiger partial charge in [0, 0.05) is 46.3 Å². The van der Waals surface area contributed by atoms with Crippen molar-refractivity contribution in [3.8, 4) is 0 Å². The van der Waals surface area contributed by atoms with Gasteiger partial charge in [-0.3, -0.25) is 4.99 Å². The molecule has 0 atom stereocenters. The lowest BCUT2D eigenvalue weighted by Gasteiger charge is -2.11. The second kappa shape index (κ2) is 9.76. The number of nitrogens with zero attached hydrogens (tertiary/aromatic N) is 3. The quantitative estimate of drug-likeness (QED) is 0.149. The van der Waals surface area contributed by atoms with E-state index < -0.39 is 15.7 Å². The van der Waals surface area contributed by atoms with E-state index in [0.717, 1.165) is 34.9 Å². The van der Waals surface area contributed by atoms with E-state index in [9.17, 15) is 22.0 Å².